The Morgan fingerprint density at radius 3 is 2.89 bits per heavy atom. The minimum absolute atomic E-state index is 0.120. The number of hydrogen-bond donors (Lipinski definition) is 0. The summed E-state index contributed by atoms with van der Waals surface area (Å²) in [5.74, 6) is 0. The lowest BCUT2D eigenvalue weighted by Gasteiger charge is -2.41. The average molecular weight is 268 g/mol. The van der Waals surface area contributed by atoms with E-state index in [4.69, 9.17) is 16.3 Å². The summed E-state index contributed by atoms with van der Waals surface area (Å²) in [5, 5.41) is 0.625. The van der Waals surface area contributed by atoms with Gasteiger partial charge in [0.05, 0.1) is 16.3 Å². The number of rotatable bonds is 3. The van der Waals surface area contributed by atoms with Gasteiger partial charge in [0.25, 0.3) is 0 Å². The van der Waals surface area contributed by atoms with Crippen LogP contribution < -0.4 is 4.90 Å². The van der Waals surface area contributed by atoms with Crippen LogP contribution in [0.15, 0.2) is 18.2 Å². The Hall–Kier alpha value is -1.06. The van der Waals surface area contributed by atoms with E-state index in [2.05, 4.69) is 11.8 Å². The highest BCUT2D eigenvalue weighted by Gasteiger charge is 2.31. The molecule has 1 aliphatic rings. The third-order valence-corrected chi connectivity index (χ3v) is 3.90. The predicted molar refractivity (Wildman–Crippen MR) is 73.7 cm³/mol. The van der Waals surface area contributed by atoms with Crippen LogP contribution in [0, 0.1) is 0 Å². The SMILES string of the molecule is COC1(C)CCCN(c2ccc(C=O)cc2Cl)C1. The third-order valence-electron chi connectivity index (χ3n) is 3.60. The Morgan fingerprint density at radius 2 is 2.28 bits per heavy atom. The molecule has 0 N–H and O–H groups in total. The molecule has 1 aromatic carbocycles. The summed E-state index contributed by atoms with van der Waals surface area (Å²) < 4.78 is 5.57. The Kier molecular flexibility index (Phi) is 3.93. The zero-order valence-corrected chi connectivity index (χ0v) is 11.5. The number of benzene rings is 1. The molecule has 98 valence electrons. The Morgan fingerprint density at radius 1 is 1.50 bits per heavy atom. The molecule has 0 spiro atoms. The molecule has 3 nitrogen and oxygen atoms in total. The fraction of sp³-hybridized carbons (Fsp3) is 0.500. The van der Waals surface area contributed by atoms with Crippen molar-refractivity contribution in [2.75, 3.05) is 25.1 Å². The van der Waals surface area contributed by atoms with Crippen LogP contribution in [0.4, 0.5) is 5.69 Å². The fourth-order valence-electron chi connectivity index (χ4n) is 2.43. The molecule has 1 aromatic rings. The number of ether oxygens (including phenoxy) is 1. The molecule has 1 aliphatic heterocycles. The lowest BCUT2D eigenvalue weighted by Crippen LogP contribution is -2.47. The smallest absolute Gasteiger partial charge is 0.150 e. The van der Waals surface area contributed by atoms with Crippen molar-refractivity contribution in [1.29, 1.82) is 0 Å². The first-order chi connectivity index (χ1) is 8.58. The molecular weight excluding hydrogens is 250 g/mol. The molecule has 1 heterocycles. The Labute approximate surface area is 113 Å². The number of halogens is 1. The zero-order valence-electron chi connectivity index (χ0n) is 10.8. The lowest BCUT2D eigenvalue weighted by atomic mass is 9.94. The van der Waals surface area contributed by atoms with Gasteiger partial charge in [0.15, 0.2) is 0 Å². The van der Waals surface area contributed by atoms with Gasteiger partial charge in [-0.25, -0.2) is 0 Å². The van der Waals surface area contributed by atoms with Crippen molar-refractivity contribution in [2.45, 2.75) is 25.4 Å². The number of methoxy groups -OCH3 is 1. The normalized spacial score (nSPS) is 24.1. The van der Waals surface area contributed by atoms with Crippen LogP contribution in [-0.2, 0) is 4.74 Å². The maximum absolute atomic E-state index is 10.7. The summed E-state index contributed by atoms with van der Waals surface area (Å²) in [4.78, 5) is 12.9. The van der Waals surface area contributed by atoms with E-state index in [9.17, 15) is 4.79 Å². The number of aldehydes is 1. The highest BCUT2D eigenvalue weighted by atomic mass is 35.5. The Bertz CT molecular complexity index is 449. The van der Waals surface area contributed by atoms with Gasteiger partial charge in [-0.1, -0.05) is 11.6 Å². The first-order valence-electron chi connectivity index (χ1n) is 6.13. The van der Waals surface area contributed by atoms with Crippen LogP contribution in [0.3, 0.4) is 0 Å². The van der Waals surface area contributed by atoms with Gasteiger partial charge in [0.1, 0.15) is 6.29 Å². The molecule has 0 bridgehead atoms. The van der Waals surface area contributed by atoms with Crippen LogP contribution in [0.2, 0.25) is 5.02 Å². The molecule has 1 atom stereocenters. The summed E-state index contributed by atoms with van der Waals surface area (Å²) >= 11 is 6.24. The molecule has 0 aliphatic carbocycles. The van der Waals surface area contributed by atoms with Crippen molar-refractivity contribution in [3.63, 3.8) is 0 Å². The lowest BCUT2D eigenvalue weighted by molar-refractivity contribution is -0.00465. The molecule has 0 aromatic heterocycles. The van der Waals surface area contributed by atoms with Crippen LogP contribution in [0.5, 0.6) is 0 Å². The van der Waals surface area contributed by atoms with Crippen molar-refractivity contribution >= 4 is 23.6 Å². The standard InChI is InChI=1S/C14H18ClNO2/c1-14(18-2)6-3-7-16(10-14)13-5-4-11(9-17)8-12(13)15/h4-5,8-9H,3,6-7,10H2,1-2H3. The quantitative estimate of drug-likeness (QED) is 0.788. The first kappa shape index (κ1) is 13.4. The third kappa shape index (κ3) is 2.68. The summed E-state index contributed by atoms with van der Waals surface area (Å²) in [5.41, 5.74) is 1.46. The van der Waals surface area contributed by atoms with Crippen LogP contribution in [0.1, 0.15) is 30.1 Å². The van der Waals surface area contributed by atoms with Gasteiger partial charge >= 0.3 is 0 Å². The molecule has 0 amide bonds. The van der Waals surface area contributed by atoms with Gasteiger partial charge in [-0.2, -0.15) is 0 Å². The van der Waals surface area contributed by atoms with Gasteiger partial charge in [-0.05, 0) is 38.0 Å². The first-order valence-corrected chi connectivity index (χ1v) is 6.50. The van der Waals surface area contributed by atoms with Crippen LogP contribution in [-0.4, -0.2) is 32.1 Å². The van der Waals surface area contributed by atoms with Crippen LogP contribution in [0.25, 0.3) is 0 Å². The molecule has 0 radical (unpaired) electrons. The summed E-state index contributed by atoms with van der Waals surface area (Å²) in [6.45, 7) is 3.91. The topological polar surface area (TPSA) is 29.5 Å². The molecule has 2 rings (SSSR count). The second kappa shape index (κ2) is 5.29. The number of piperidine rings is 1. The van der Waals surface area contributed by atoms with E-state index in [-0.39, 0.29) is 5.60 Å². The minimum Gasteiger partial charge on any atom is -0.377 e. The number of hydrogen-bond acceptors (Lipinski definition) is 3. The molecule has 1 fully saturated rings. The van der Waals surface area contributed by atoms with Gasteiger partial charge in [0, 0.05) is 25.8 Å². The van der Waals surface area contributed by atoms with E-state index in [0.717, 1.165) is 37.9 Å². The monoisotopic (exact) mass is 267 g/mol. The maximum atomic E-state index is 10.7. The van der Waals surface area contributed by atoms with E-state index >= 15 is 0 Å². The number of carbonyl (C=O) groups excluding carboxylic acids is 1. The van der Waals surface area contributed by atoms with Gasteiger partial charge < -0.3 is 9.64 Å². The molecular formula is C14H18ClNO2. The molecule has 1 saturated heterocycles. The van der Waals surface area contributed by atoms with Crippen molar-refractivity contribution < 1.29 is 9.53 Å². The summed E-state index contributed by atoms with van der Waals surface area (Å²) in [6, 6.07) is 5.42. The zero-order chi connectivity index (χ0) is 13.2. The van der Waals surface area contributed by atoms with E-state index in [0.29, 0.717) is 10.6 Å². The van der Waals surface area contributed by atoms with Crippen molar-refractivity contribution in [3.8, 4) is 0 Å². The number of nitrogens with zero attached hydrogens (tertiary/aromatic N) is 1. The molecule has 0 saturated carbocycles. The largest absolute Gasteiger partial charge is 0.377 e. The minimum atomic E-state index is -0.120. The van der Waals surface area contributed by atoms with Crippen LogP contribution >= 0.6 is 11.6 Å². The number of anilines is 1. The van der Waals surface area contributed by atoms with E-state index < -0.39 is 0 Å². The Balaban J connectivity index is 2.23. The fourth-order valence-corrected chi connectivity index (χ4v) is 2.74. The second-order valence-corrected chi connectivity index (χ2v) is 5.42. The van der Waals surface area contributed by atoms with Gasteiger partial charge in [0.2, 0.25) is 0 Å². The van der Waals surface area contributed by atoms with Gasteiger partial charge in [-0.3, -0.25) is 4.79 Å². The van der Waals surface area contributed by atoms with Crippen molar-refractivity contribution in [1.82, 2.24) is 0 Å². The van der Waals surface area contributed by atoms with Crippen molar-refractivity contribution in [2.24, 2.45) is 0 Å². The number of carbonyl (C=O) groups is 1. The van der Waals surface area contributed by atoms with Gasteiger partial charge in [-0.15, -0.1) is 0 Å². The molecule has 4 heteroatoms. The average Bonchev–Trinajstić information content (AvgIpc) is 2.38. The van der Waals surface area contributed by atoms with Crippen molar-refractivity contribution in [3.05, 3.63) is 28.8 Å². The highest BCUT2D eigenvalue weighted by Crippen LogP contribution is 2.32. The van der Waals surface area contributed by atoms with E-state index in [1.54, 1.807) is 19.2 Å². The molecule has 18 heavy (non-hydrogen) atoms. The maximum Gasteiger partial charge on any atom is 0.150 e. The highest BCUT2D eigenvalue weighted by molar-refractivity contribution is 6.33. The van der Waals surface area contributed by atoms with E-state index in [1.807, 2.05) is 6.07 Å². The second-order valence-electron chi connectivity index (χ2n) is 5.01. The van der Waals surface area contributed by atoms with E-state index in [1.165, 1.54) is 0 Å². The predicted octanol–water partition coefficient (Wildman–Crippen LogP) is 3.16. The summed E-state index contributed by atoms with van der Waals surface area (Å²) in [6.07, 6.45) is 2.95. The summed E-state index contributed by atoms with van der Waals surface area (Å²) in [7, 11) is 1.75. The molecule has 1 unspecified atom stereocenters.